The van der Waals surface area contributed by atoms with Crippen LogP contribution in [0.1, 0.15) is 63.7 Å². The molecule has 0 saturated carbocycles. The van der Waals surface area contributed by atoms with E-state index in [4.69, 9.17) is 0 Å². The Morgan fingerprint density at radius 1 is 1.21 bits per heavy atom. The summed E-state index contributed by atoms with van der Waals surface area (Å²) in [4.78, 5) is 41.7. The third kappa shape index (κ3) is 4.37. The quantitative estimate of drug-likeness (QED) is 0.573. The first-order valence-corrected chi connectivity index (χ1v) is 10.3. The molecule has 0 atom stereocenters. The van der Waals surface area contributed by atoms with Crippen molar-refractivity contribution in [2.24, 2.45) is 0 Å². The Kier molecular flexibility index (Phi) is 6.12. The summed E-state index contributed by atoms with van der Waals surface area (Å²) in [7, 11) is 0. The molecule has 0 spiro atoms. The number of ketones is 1. The van der Waals surface area contributed by atoms with Crippen molar-refractivity contribution >= 4 is 28.7 Å². The van der Waals surface area contributed by atoms with Gasteiger partial charge in [-0.2, -0.15) is 4.68 Å². The molecular weight excluding hydrogens is 388 g/mol. The van der Waals surface area contributed by atoms with E-state index < -0.39 is 0 Å². The van der Waals surface area contributed by atoms with Crippen molar-refractivity contribution < 1.29 is 9.59 Å². The molecule has 2 N–H and O–H groups in total. The van der Waals surface area contributed by atoms with Gasteiger partial charge in [-0.25, -0.2) is 4.98 Å². The highest BCUT2D eigenvalue weighted by atomic mass is 32.1. The van der Waals surface area contributed by atoms with Gasteiger partial charge in [0.1, 0.15) is 4.88 Å². The molecule has 0 unspecified atom stereocenters. The maximum atomic E-state index is 12.7. The van der Waals surface area contributed by atoms with Crippen molar-refractivity contribution in [3.8, 4) is 5.13 Å². The van der Waals surface area contributed by atoms with Crippen molar-refractivity contribution in [1.82, 2.24) is 14.8 Å². The number of aromatic amines is 1. The van der Waals surface area contributed by atoms with Crippen LogP contribution in [0.4, 0.5) is 5.69 Å². The van der Waals surface area contributed by atoms with Crippen molar-refractivity contribution in [1.29, 1.82) is 0 Å². The van der Waals surface area contributed by atoms with Gasteiger partial charge in [-0.05, 0) is 57.9 Å². The third-order valence-electron chi connectivity index (χ3n) is 4.71. The molecule has 0 bridgehead atoms. The van der Waals surface area contributed by atoms with E-state index in [1.54, 1.807) is 31.2 Å². The molecule has 1 amide bonds. The number of amides is 1. The first-order chi connectivity index (χ1) is 13.8. The third-order valence-corrected chi connectivity index (χ3v) is 5.85. The summed E-state index contributed by atoms with van der Waals surface area (Å²) < 4.78 is 1.41. The van der Waals surface area contributed by atoms with Crippen molar-refractivity contribution in [3.63, 3.8) is 0 Å². The van der Waals surface area contributed by atoms with Crippen LogP contribution >= 0.6 is 11.3 Å². The van der Waals surface area contributed by atoms with Crippen LogP contribution in [0, 0.1) is 13.8 Å². The molecule has 0 fully saturated rings. The Bertz CT molecular complexity index is 1110. The van der Waals surface area contributed by atoms with E-state index in [1.165, 1.54) is 11.6 Å². The maximum Gasteiger partial charge on any atom is 0.276 e. The van der Waals surface area contributed by atoms with E-state index in [-0.39, 0.29) is 17.2 Å². The highest BCUT2D eigenvalue weighted by molar-refractivity contribution is 7.16. The number of H-pyrrole nitrogens is 1. The molecule has 0 radical (unpaired) electrons. The summed E-state index contributed by atoms with van der Waals surface area (Å²) in [6.07, 6.45) is 2.68. The number of hydrogen-bond donors (Lipinski definition) is 2. The summed E-state index contributed by atoms with van der Waals surface area (Å²) in [5.74, 6) is -0.333. The summed E-state index contributed by atoms with van der Waals surface area (Å²) in [6, 6.07) is 6.71. The number of rotatable bonds is 7. The number of unbranched alkanes of at least 4 members (excludes halogenated alkanes) is 1. The second-order valence-electron chi connectivity index (χ2n) is 6.96. The predicted octanol–water partition coefficient (Wildman–Crippen LogP) is 4.04. The average molecular weight is 413 g/mol. The predicted molar refractivity (Wildman–Crippen MR) is 115 cm³/mol. The number of benzene rings is 1. The number of aryl methyl sites for hydroxylation is 2. The molecule has 0 saturated heterocycles. The van der Waals surface area contributed by atoms with Gasteiger partial charge in [0.15, 0.2) is 5.78 Å². The molecule has 1 aromatic carbocycles. The fourth-order valence-electron chi connectivity index (χ4n) is 3.03. The lowest BCUT2D eigenvalue weighted by Gasteiger charge is -2.04. The van der Waals surface area contributed by atoms with Gasteiger partial charge in [0.25, 0.3) is 11.5 Å². The summed E-state index contributed by atoms with van der Waals surface area (Å²) in [5, 5.41) is 6.32. The topological polar surface area (TPSA) is 96.8 Å². The minimum atomic E-state index is -0.302. The zero-order chi connectivity index (χ0) is 21.1. The first kappa shape index (κ1) is 20.7. The minimum absolute atomic E-state index is 0.0317. The van der Waals surface area contributed by atoms with Gasteiger partial charge in [-0.3, -0.25) is 19.5 Å². The number of thiazole rings is 1. The number of nitrogens with zero attached hydrogens (tertiary/aromatic N) is 2. The van der Waals surface area contributed by atoms with Crippen LogP contribution in [0.25, 0.3) is 5.13 Å². The molecule has 8 heteroatoms. The number of carbonyl (C=O) groups is 2. The van der Waals surface area contributed by atoms with Crippen molar-refractivity contribution in [2.75, 3.05) is 5.32 Å². The molecule has 3 rings (SSSR count). The van der Waals surface area contributed by atoms with Crippen molar-refractivity contribution in [2.45, 2.75) is 47.0 Å². The molecule has 2 aromatic heterocycles. The molecular formula is C21H24N4O3S. The van der Waals surface area contributed by atoms with Crippen LogP contribution in [0.2, 0.25) is 0 Å². The second kappa shape index (κ2) is 8.57. The van der Waals surface area contributed by atoms with Gasteiger partial charge >= 0.3 is 0 Å². The lowest BCUT2D eigenvalue weighted by Crippen LogP contribution is -2.17. The van der Waals surface area contributed by atoms with Gasteiger partial charge in [0, 0.05) is 22.5 Å². The number of carbonyl (C=O) groups excluding carboxylic acids is 2. The zero-order valence-electron chi connectivity index (χ0n) is 17.0. The number of aromatic nitrogens is 3. The van der Waals surface area contributed by atoms with Gasteiger partial charge < -0.3 is 5.32 Å². The minimum Gasteiger partial charge on any atom is -0.321 e. The average Bonchev–Trinajstić information content (AvgIpc) is 3.20. The lowest BCUT2D eigenvalue weighted by atomic mass is 10.1. The maximum absolute atomic E-state index is 12.7. The Hall–Kier alpha value is -3.00. The van der Waals surface area contributed by atoms with E-state index in [1.807, 2.05) is 6.92 Å². The number of hydrogen-bond acceptors (Lipinski definition) is 5. The molecule has 0 aliphatic heterocycles. The summed E-state index contributed by atoms with van der Waals surface area (Å²) in [6.45, 7) is 7.20. The van der Waals surface area contributed by atoms with Gasteiger partial charge in [-0.15, -0.1) is 0 Å². The molecule has 3 aromatic rings. The Morgan fingerprint density at radius 2 is 1.90 bits per heavy atom. The molecule has 7 nitrogen and oxygen atoms in total. The van der Waals surface area contributed by atoms with Crippen LogP contribution in [0.15, 0.2) is 29.1 Å². The van der Waals surface area contributed by atoms with Crippen LogP contribution in [0.5, 0.6) is 0 Å². The molecule has 0 aliphatic carbocycles. The van der Waals surface area contributed by atoms with E-state index >= 15 is 0 Å². The van der Waals surface area contributed by atoms with Gasteiger partial charge in [0.05, 0.1) is 5.69 Å². The SMILES string of the molecule is CCCCc1c(C)[nH]n(-c2nc(C)c(C(=O)Nc3ccc(C(C)=O)cc3)s2)c1=O. The van der Waals surface area contributed by atoms with Crippen LogP contribution < -0.4 is 10.9 Å². The molecule has 2 heterocycles. The van der Waals surface area contributed by atoms with E-state index in [0.29, 0.717) is 27.0 Å². The Labute approximate surface area is 172 Å². The number of anilines is 1. The molecule has 0 aliphatic rings. The summed E-state index contributed by atoms with van der Waals surface area (Å²) in [5.41, 5.74) is 3.20. The van der Waals surface area contributed by atoms with Gasteiger partial charge in [-0.1, -0.05) is 24.7 Å². The van der Waals surface area contributed by atoms with Crippen LogP contribution in [-0.2, 0) is 6.42 Å². The second-order valence-corrected chi connectivity index (χ2v) is 7.94. The lowest BCUT2D eigenvalue weighted by molar-refractivity contribution is 0.101. The van der Waals surface area contributed by atoms with Gasteiger partial charge in [0.2, 0.25) is 5.13 Å². The molecule has 29 heavy (non-hydrogen) atoms. The molecule has 152 valence electrons. The van der Waals surface area contributed by atoms with Crippen molar-refractivity contribution in [3.05, 3.63) is 62.0 Å². The number of Topliss-reactive ketones (excluding diaryl/α,β-unsaturated/α-hetero) is 1. The smallest absolute Gasteiger partial charge is 0.276 e. The standard InChI is InChI=1S/C21H24N4O3S/c1-5-6-7-17-12(2)24-25(20(17)28)21-22-13(3)18(29-21)19(27)23-16-10-8-15(9-11-16)14(4)26/h8-11,24H,5-7H2,1-4H3,(H,23,27). The van der Waals surface area contributed by atoms with E-state index in [2.05, 4.69) is 22.3 Å². The monoisotopic (exact) mass is 412 g/mol. The Balaban J connectivity index is 1.84. The first-order valence-electron chi connectivity index (χ1n) is 9.52. The van der Waals surface area contributed by atoms with E-state index in [9.17, 15) is 14.4 Å². The highest BCUT2D eigenvalue weighted by Crippen LogP contribution is 2.22. The fourth-order valence-corrected chi connectivity index (χ4v) is 3.95. The zero-order valence-corrected chi connectivity index (χ0v) is 17.8. The van der Waals surface area contributed by atoms with Crippen LogP contribution in [0.3, 0.4) is 0 Å². The van der Waals surface area contributed by atoms with E-state index in [0.717, 1.165) is 41.9 Å². The summed E-state index contributed by atoms with van der Waals surface area (Å²) >= 11 is 1.16. The largest absolute Gasteiger partial charge is 0.321 e. The van der Waals surface area contributed by atoms with Crippen LogP contribution in [-0.4, -0.2) is 26.5 Å². The fraction of sp³-hybridized carbons (Fsp3) is 0.333. The Morgan fingerprint density at radius 3 is 2.52 bits per heavy atom. The highest BCUT2D eigenvalue weighted by Gasteiger charge is 2.20. The number of nitrogens with one attached hydrogen (secondary N) is 2. The normalized spacial score (nSPS) is 10.9.